The highest BCUT2D eigenvalue weighted by atomic mass is 19.1. The van der Waals surface area contributed by atoms with Gasteiger partial charge in [-0.3, -0.25) is 9.59 Å². The average Bonchev–Trinajstić information content (AvgIpc) is 2.68. The molecule has 28 heavy (non-hydrogen) atoms. The van der Waals surface area contributed by atoms with E-state index in [2.05, 4.69) is 5.32 Å². The highest BCUT2D eigenvalue weighted by molar-refractivity contribution is 5.95. The number of hydrogen-bond acceptors (Lipinski definition) is 5. The number of esters is 1. The first-order valence-electron chi connectivity index (χ1n) is 8.49. The van der Waals surface area contributed by atoms with E-state index in [1.807, 2.05) is 0 Å². The molecular weight excluding hydrogens is 372 g/mol. The van der Waals surface area contributed by atoms with E-state index in [0.717, 1.165) is 17.7 Å². The third-order valence-electron chi connectivity index (χ3n) is 3.90. The fourth-order valence-corrected chi connectivity index (χ4v) is 2.39. The molecule has 1 atom stereocenters. The predicted octanol–water partition coefficient (Wildman–Crippen LogP) is 3.49. The Bertz CT molecular complexity index is 834. The molecule has 150 valence electrons. The van der Waals surface area contributed by atoms with Gasteiger partial charge in [0.2, 0.25) is 0 Å². The van der Waals surface area contributed by atoms with Crippen LogP contribution >= 0.6 is 0 Å². The standard InChI is InChI=1S/C20H21F2NO5/c1-12(20(25)23-18-6-5-14(21)10-17(18)22)28-19(24)7-4-13-8-15(26-2)11-16(9-13)27-3/h5-6,8-12H,4,7H2,1-3H3,(H,23,25)/t12-/m0/s1. The maximum absolute atomic E-state index is 13.6. The number of benzene rings is 2. The maximum atomic E-state index is 13.6. The zero-order chi connectivity index (χ0) is 20.7. The lowest BCUT2D eigenvalue weighted by Crippen LogP contribution is -2.30. The quantitative estimate of drug-likeness (QED) is 0.695. The first-order chi connectivity index (χ1) is 13.3. The lowest BCUT2D eigenvalue weighted by Gasteiger charge is -2.14. The van der Waals surface area contributed by atoms with Crippen LogP contribution in [0.25, 0.3) is 0 Å². The van der Waals surface area contributed by atoms with Gasteiger partial charge in [-0.15, -0.1) is 0 Å². The molecule has 0 heterocycles. The van der Waals surface area contributed by atoms with Crippen LogP contribution in [-0.4, -0.2) is 32.2 Å². The summed E-state index contributed by atoms with van der Waals surface area (Å²) in [6.45, 7) is 1.36. The Kier molecular flexibility index (Phi) is 7.31. The molecule has 0 aromatic heterocycles. The number of carbonyl (C=O) groups excluding carboxylic acids is 2. The first kappa shape index (κ1) is 21.1. The van der Waals surface area contributed by atoms with Crippen molar-refractivity contribution in [1.82, 2.24) is 0 Å². The normalized spacial score (nSPS) is 11.5. The van der Waals surface area contributed by atoms with Gasteiger partial charge in [-0.05, 0) is 43.2 Å². The Morgan fingerprint density at radius 3 is 2.25 bits per heavy atom. The van der Waals surface area contributed by atoms with Crippen LogP contribution in [0, 0.1) is 11.6 Å². The van der Waals surface area contributed by atoms with Crippen molar-refractivity contribution in [3.8, 4) is 11.5 Å². The molecule has 1 amide bonds. The number of anilines is 1. The van der Waals surface area contributed by atoms with Crippen LogP contribution in [0.15, 0.2) is 36.4 Å². The van der Waals surface area contributed by atoms with Gasteiger partial charge in [0.25, 0.3) is 5.91 Å². The van der Waals surface area contributed by atoms with Crippen molar-refractivity contribution in [3.63, 3.8) is 0 Å². The van der Waals surface area contributed by atoms with E-state index < -0.39 is 29.6 Å². The van der Waals surface area contributed by atoms with Crippen molar-refractivity contribution in [3.05, 3.63) is 53.6 Å². The molecule has 2 aromatic rings. The van der Waals surface area contributed by atoms with Crippen LogP contribution in [0.3, 0.4) is 0 Å². The van der Waals surface area contributed by atoms with E-state index in [1.54, 1.807) is 18.2 Å². The summed E-state index contributed by atoms with van der Waals surface area (Å²) in [5.41, 5.74) is 0.608. The summed E-state index contributed by atoms with van der Waals surface area (Å²) in [5.74, 6) is -1.80. The van der Waals surface area contributed by atoms with Crippen LogP contribution < -0.4 is 14.8 Å². The Hall–Kier alpha value is -3.16. The molecular formula is C20H21F2NO5. The second-order valence-corrected chi connectivity index (χ2v) is 5.97. The Morgan fingerprint density at radius 2 is 1.68 bits per heavy atom. The smallest absolute Gasteiger partial charge is 0.306 e. The molecule has 0 fully saturated rings. The molecule has 2 aromatic carbocycles. The number of rotatable bonds is 8. The van der Waals surface area contributed by atoms with Crippen molar-refractivity contribution in [2.75, 3.05) is 19.5 Å². The molecule has 8 heteroatoms. The largest absolute Gasteiger partial charge is 0.497 e. The highest BCUT2D eigenvalue weighted by Gasteiger charge is 2.19. The lowest BCUT2D eigenvalue weighted by atomic mass is 10.1. The Balaban J connectivity index is 1.89. The van der Waals surface area contributed by atoms with Crippen LogP contribution in [0.1, 0.15) is 18.9 Å². The van der Waals surface area contributed by atoms with Crippen molar-refractivity contribution < 1.29 is 32.6 Å². The Labute approximate surface area is 161 Å². The summed E-state index contributed by atoms with van der Waals surface area (Å²) in [5, 5.41) is 2.26. The van der Waals surface area contributed by atoms with Gasteiger partial charge in [0.1, 0.15) is 23.1 Å². The molecule has 0 aliphatic carbocycles. The van der Waals surface area contributed by atoms with E-state index in [4.69, 9.17) is 14.2 Å². The monoisotopic (exact) mass is 393 g/mol. The van der Waals surface area contributed by atoms with Gasteiger partial charge in [-0.1, -0.05) is 0 Å². The lowest BCUT2D eigenvalue weighted by molar-refractivity contribution is -0.153. The summed E-state index contributed by atoms with van der Waals surface area (Å²) in [6, 6.07) is 8.00. The fourth-order valence-electron chi connectivity index (χ4n) is 2.39. The number of ether oxygens (including phenoxy) is 3. The average molecular weight is 393 g/mol. The molecule has 0 unspecified atom stereocenters. The van der Waals surface area contributed by atoms with Crippen molar-refractivity contribution >= 4 is 17.6 Å². The molecule has 0 spiro atoms. The number of aryl methyl sites for hydroxylation is 1. The van der Waals surface area contributed by atoms with E-state index in [-0.39, 0.29) is 12.1 Å². The molecule has 0 bridgehead atoms. The van der Waals surface area contributed by atoms with E-state index in [0.29, 0.717) is 24.0 Å². The molecule has 0 radical (unpaired) electrons. The van der Waals surface area contributed by atoms with Crippen molar-refractivity contribution in [2.45, 2.75) is 25.9 Å². The summed E-state index contributed by atoms with van der Waals surface area (Å²) in [6.07, 6.45) is -0.761. The number of carbonyl (C=O) groups is 2. The van der Waals surface area contributed by atoms with Crippen LogP contribution in [0.2, 0.25) is 0 Å². The number of nitrogens with one attached hydrogen (secondary N) is 1. The van der Waals surface area contributed by atoms with E-state index in [9.17, 15) is 18.4 Å². The van der Waals surface area contributed by atoms with Gasteiger partial charge >= 0.3 is 5.97 Å². The van der Waals surface area contributed by atoms with Crippen LogP contribution in [0.4, 0.5) is 14.5 Å². The maximum Gasteiger partial charge on any atom is 0.306 e. The summed E-state index contributed by atoms with van der Waals surface area (Å²) >= 11 is 0. The number of hydrogen-bond donors (Lipinski definition) is 1. The minimum absolute atomic E-state index is 0.0266. The minimum atomic E-state index is -1.14. The number of halogens is 2. The summed E-state index contributed by atoms with van der Waals surface area (Å²) in [4.78, 5) is 24.1. The SMILES string of the molecule is COc1cc(CCC(=O)O[C@@H](C)C(=O)Nc2ccc(F)cc2F)cc(OC)c1. The first-order valence-corrected chi connectivity index (χ1v) is 8.49. The second-order valence-electron chi connectivity index (χ2n) is 5.97. The molecule has 2 rings (SSSR count). The minimum Gasteiger partial charge on any atom is -0.497 e. The molecule has 0 aliphatic heterocycles. The van der Waals surface area contributed by atoms with Crippen LogP contribution in [-0.2, 0) is 20.7 Å². The number of methoxy groups -OCH3 is 2. The zero-order valence-electron chi connectivity index (χ0n) is 15.8. The molecule has 0 saturated heterocycles. The van der Waals surface area contributed by atoms with E-state index in [1.165, 1.54) is 21.1 Å². The van der Waals surface area contributed by atoms with Gasteiger partial charge in [0.05, 0.1) is 19.9 Å². The molecule has 6 nitrogen and oxygen atoms in total. The highest BCUT2D eigenvalue weighted by Crippen LogP contribution is 2.23. The zero-order valence-corrected chi connectivity index (χ0v) is 15.8. The number of amides is 1. The molecule has 1 N–H and O–H groups in total. The predicted molar refractivity (Wildman–Crippen MR) is 98.4 cm³/mol. The second kappa shape index (κ2) is 9.68. The van der Waals surface area contributed by atoms with Crippen LogP contribution in [0.5, 0.6) is 11.5 Å². The van der Waals surface area contributed by atoms with Gasteiger partial charge in [0.15, 0.2) is 6.10 Å². The van der Waals surface area contributed by atoms with Gasteiger partial charge < -0.3 is 19.5 Å². The third kappa shape index (κ3) is 5.94. The third-order valence-corrected chi connectivity index (χ3v) is 3.90. The van der Waals surface area contributed by atoms with Gasteiger partial charge in [-0.25, -0.2) is 8.78 Å². The van der Waals surface area contributed by atoms with Crippen molar-refractivity contribution in [1.29, 1.82) is 0 Å². The van der Waals surface area contributed by atoms with Gasteiger partial charge in [0, 0.05) is 18.6 Å². The Morgan fingerprint density at radius 1 is 1.04 bits per heavy atom. The molecule has 0 aliphatic rings. The topological polar surface area (TPSA) is 73.9 Å². The summed E-state index contributed by atoms with van der Waals surface area (Å²) < 4.78 is 41.9. The van der Waals surface area contributed by atoms with Crippen molar-refractivity contribution in [2.24, 2.45) is 0 Å². The van der Waals surface area contributed by atoms with E-state index >= 15 is 0 Å². The summed E-state index contributed by atoms with van der Waals surface area (Å²) in [7, 11) is 3.05. The fraction of sp³-hybridized carbons (Fsp3) is 0.300. The van der Waals surface area contributed by atoms with Gasteiger partial charge in [-0.2, -0.15) is 0 Å². The molecule has 0 saturated carbocycles.